The van der Waals surface area contributed by atoms with Crippen molar-refractivity contribution in [2.75, 3.05) is 0 Å². The summed E-state index contributed by atoms with van der Waals surface area (Å²) in [6, 6.07) is 19.9. The van der Waals surface area contributed by atoms with Gasteiger partial charge >= 0.3 is 0 Å². The van der Waals surface area contributed by atoms with Gasteiger partial charge in [0.15, 0.2) is 0 Å². The molecule has 0 N–H and O–H groups in total. The third-order valence-electron chi connectivity index (χ3n) is 4.55. The van der Waals surface area contributed by atoms with Gasteiger partial charge in [0.05, 0.1) is 0 Å². The molecular weight excluding hydrogens is 278 g/mol. The number of aromatic nitrogens is 1. The van der Waals surface area contributed by atoms with E-state index >= 15 is 0 Å². The Bertz CT molecular complexity index is 805. The summed E-state index contributed by atoms with van der Waals surface area (Å²) >= 11 is 0. The molecule has 1 heterocycles. The Labute approximate surface area is 139 Å². The minimum atomic E-state index is 1.25. The van der Waals surface area contributed by atoms with Crippen LogP contribution in [0, 0.1) is 27.7 Å². The Hall–Kier alpha value is -2.41. The van der Waals surface area contributed by atoms with Crippen LogP contribution in [0.4, 0.5) is 0 Å². The summed E-state index contributed by atoms with van der Waals surface area (Å²) in [5, 5.41) is 0. The third kappa shape index (κ3) is 2.92. The first-order chi connectivity index (χ1) is 11.0. The summed E-state index contributed by atoms with van der Waals surface area (Å²) < 4.78 is 2.30. The number of hydrogen-bond acceptors (Lipinski definition) is 0. The SMILES string of the molecule is Cc1ccc(-c2cccc(-c3ccc(C)cc3C)[n+]2C)c(C)c1. The second-order valence-corrected chi connectivity index (χ2v) is 6.49. The highest BCUT2D eigenvalue weighted by Crippen LogP contribution is 2.26. The van der Waals surface area contributed by atoms with Crippen molar-refractivity contribution in [1.82, 2.24) is 0 Å². The maximum Gasteiger partial charge on any atom is 0.213 e. The topological polar surface area (TPSA) is 3.88 Å². The van der Waals surface area contributed by atoms with Crippen molar-refractivity contribution >= 4 is 0 Å². The average Bonchev–Trinajstić information content (AvgIpc) is 2.49. The van der Waals surface area contributed by atoms with Gasteiger partial charge in [0.1, 0.15) is 7.05 Å². The highest BCUT2D eigenvalue weighted by molar-refractivity contribution is 5.66. The first-order valence-electron chi connectivity index (χ1n) is 8.11. The van der Waals surface area contributed by atoms with Crippen LogP contribution < -0.4 is 4.57 Å². The molecule has 0 amide bonds. The standard InChI is InChI=1S/C22H24N/c1-15-9-11-19(17(3)13-15)21-7-6-8-22(23(21)5)20-12-10-16(2)14-18(20)4/h6-14H,1-5H3/q+1. The van der Waals surface area contributed by atoms with Gasteiger partial charge in [-0.05, 0) is 57.0 Å². The van der Waals surface area contributed by atoms with E-state index in [1.165, 1.54) is 44.8 Å². The van der Waals surface area contributed by atoms with E-state index in [2.05, 4.69) is 93.9 Å². The lowest BCUT2D eigenvalue weighted by Crippen LogP contribution is -2.34. The van der Waals surface area contributed by atoms with Crippen molar-refractivity contribution in [3.8, 4) is 22.5 Å². The third-order valence-corrected chi connectivity index (χ3v) is 4.55. The van der Waals surface area contributed by atoms with Crippen molar-refractivity contribution < 1.29 is 4.57 Å². The van der Waals surface area contributed by atoms with E-state index in [1.54, 1.807) is 0 Å². The molecule has 116 valence electrons. The zero-order valence-corrected chi connectivity index (χ0v) is 14.6. The van der Waals surface area contributed by atoms with Gasteiger partial charge in [-0.3, -0.25) is 0 Å². The summed E-state index contributed by atoms with van der Waals surface area (Å²) in [7, 11) is 2.16. The van der Waals surface area contributed by atoms with Crippen molar-refractivity contribution in [1.29, 1.82) is 0 Å². The number of rotatable bonds is 2. The van der Waals surface area contributed by atoms with Crippen LogP contribution in [-0.4, -0.2) is 0 Å². The molecule has 0 saturated carbocycles. The van der Waals surface area contributed by atoms with Gasteiger partial charge in [0, 0.05) is 23.3 Å². The van der Waals surface area contributed by atoms with Crippen molar-refractivity contribution in [3.63, 3.8) is 0 Å². The maximum atomic E-state index is 2.30. The first kappa shape index (κ1) is 15.5. The predicted molar refractivity (Wildman–Crippen MR) is 97.4 cm³/mol. The molecule has 3 aromatic rings. The highest BCUT2D eigenvalue weighted by atomic mass is 14.9. The molecule has 0 fully saturated rings. The number of hydrogen-bond donors (Lipinski definition) is 0. The zero-order chi connectivity index (χ0) is 16.6. The molecular formula is C22H24N+. The monoisotopic (exact) mass is 302 g/mol. The van der Waals surface area contributed by atoms with Gasteiger partial charge in [0.25, 0.3) is 0 Å². The second-order valence-electron chi connectivity index (χ2n) is 6.49. The summed E-state index contributed by atoms with van der Waals surface area (Å²) in [4.78, 5) is 0. The largest absolute Gasteiger partial charge is 0.213 e. The number of aryl methyl sites for hydroxylation is 4. The summed E-state index contributed by atoms with van der Waals surface area (Å²) in [6.07, 6.45) is 0. The van der Waals surface area contributed by atoms with E-state index in [9.17, 15) is 0 Å². The maximum absolute atomic E-state index is 2.30. The number of benzene rings is 2. The van der Waals surface area contributed by atoms with Crippen molar-refractivity contribution in [3.05, 3.63) is 76.9 Å². The van der Waals surface area contributed by atoms with Crippen LogP contribution in [0.1, 0.15) is 22.3 Å². The Morgan fingerprint density at radius 2 is 1.04 bits per heavy atom. The van der Waals surface area contributed by atoms with Crippen molar-refractivity contribution in [2.24, 2.45) is 7.05 Å². The van der Waals surface area contributed by atoms with Gasteiger partial charge in [-0.15, -0.1) is 0 Å². The van der Waals surface area contributed by atoms with Crippen LogP contribution >= 0.6 is 0 Å². The van der Waals surface area contributed by atoms with Crippen LogP contribution in [0.2, 0.25) is 0 Å². The van der Waals surface area contributed by atoms with E-state index in [0.29, 0.717) is 0 Å². The fraction of sp³-hybridized carbons (Fsp3) is 0.227. The fourth-order valence-electron chi connectivity index (χ4n) is 3.33. The summed E-state index contributed by atoms with van der Waals surface area (Å²) in [5.41, 5.74) is 10.3. The van der Waals surface area contributed by atoms with Gasteiger partial charge in [0.2, 0.25) is 11.4 Å². The Morgan fingerprint density at radius 1 is 0.609 bits per heavy atom. The molecule has 0 radical (unpaired) electrons. The lowest BCUT2D eigenvalue weighted by molar-refractivity contribution is -0.649. The molecule has 0 spiro atoms. The molecule has 0 bridgehead atoms. The van der Waals surface area contributed by atoms with E-state index in [1.807, 2.05) is 0 Å². The normalized spacial score (nSPS) is 10.8. The molecule has 0 aliphatic carbocycles. The van der Waals surface area contributed by atoms with E-state index in [-0.39, 0.29) is 0 Å². The Morgan fingerprint density at radius 3 is 1.43 bits per heavy atom. The van der Waals surface area contributed by atoms with E-state index in [4.69, 9.17) is 0 Å². The predicted octanol–water partition coefficient (Wildman–Crippen LogP) is 5.08. The molecule has 0 saturated heterocycles. The molecule has 0 aliphatic rings. The molecule has 1 heteroatoms. The molecule has 0 atom stereocenters. The zero-order valence-electron chi connectivity index (χ0n) is 14.6. The number of pyridine rings is 1. The highest BCUT2D eigenvalue weighted by Gasteiger charge is 2.18. The van der Waals surface area contributed by atoms with Crippen LogP contribution in [0.25, 0.3) is 22.5 Å². The second kappa shape index (κ2) is 6.00. The molecule has 0 aliphatic heterocycles. The smallest absolute Gasteiger partial charge is 0.194 e. The number of nitrogens with zero attached hydrogens (tertiary/aromatic N) is 1. The van der Waals surface area contributed by atoms with Gasteiger partial charge in [-0.25, -0.2) is 0 Å². The van der Waals surface area contributed by atoms with E-state index in [0.717, 1.165) is 0 Å². The average molecular weight is 302 g/mol. The Balaban J connectivity index is 2.19. The van der Waals surface area contributed by atoms with Crippen LogP contribution in [0.5, 0.6) is 0 Å². The van der Waals surface area contributed by atoms with Crippen LogP contribution in [0.3, 0.4) is 0 Å². The van der Waals surface area contributed by atoms with Crippen LogP contribution in [0.15, 0.2) is 54.6 Å². The molecule has 0 unspecified atom stereocenters. The molecule has 1 nitrogen and oxygen atoms in total. The molecule has 3 rings (SSSR count). The minimum Gasteiger partial charge on any atom is -0.194 e. The lowest BCUT2D eigenvalue weighted by atomic mass is 9.99. The van der Waals surface area contributed by atoms with Gasteiger partial charge in [-0.2, -0.15) is 4.57 Å². The summed E-state index contributed by atoms with van der Waals surface area (Å²) in [5.74, 6) is 0. The van der Waals surface area contributed by atoms with Crippen molar-refractivity contribution in [2.45, 2.75) is 27.7 Å². The summed E-state index contributed by atoms with van der Waals surface area (Å²) in [6.45, 7) is 8.66. The first-order valence-corrected chi connectivity index (χ1v) is 8.11. The van der Waals surface area contributed by atoms with Gasteiger partial charge in [-0.1, -0.05) is 35.4 Å². The molecule has 23 heavy (non-hydrogen) atoms. The fourth-order valence-corrected chi connectivity index (χ4v) is 3.33. The molecule has 1 aromatic heterocycles. The lowest BCUT2D eigenvalue weighted by Gasteiger charge is -2.10. The quantitative estimate of drug-likeness (QED) is 0.581. The van der Waals surface area contributed by atoms with Crippen LogP contribution in [-0.2, 0) is 7.05 Å². The molecule has 2 aromatic carbocycles. The van der Waals surface area contributed by atoms with E-state index < -0.39 is 0 Å². The minimum absolute atomic E-state index is 1.25. The Kier molecular flexibility index (Phi) is 4.04. The van der Waals surface area contributed by atoms with Gasteiger partial charge < -0.3 is 0 Å².